The average Bonchev–Trinajstić information content (AvgIpc) is 2.47. The summed E-state index contributed by atoms with van der Waals surface area (Å²) < 4.78 is 11.6. The SMILES string of the molecule is CCCC(C#CC1CCCCC1O)OC1CCCCO1. The van der Waals surface area contributed by atoms with E-state index in [0.717, 1.165) is 51.6 Å². The van der Waals surface area contributed by atoms with Crippen LogP contribution in [0, 0.1) is 17.8 Å². The minimum atomic E-state index is -0.246. The van der Waals surface area contributed by atoms with Crippen molar-refractivity contribution in [3.63, 3.8) is 0 Å². The first-order valence-corrected chi connectivity index (χ1v) is 8.25. The van der Waals surface area contributed by atoms with E-state index in [1.807, 2.05) is 0 Å². The van der Waals surface area contributed by atoms with Gasteiger partial charge >= 0.3 is 0 Å². The standard InChI is InChI=1S/C17H28O3/c1-2-7-15(20-17-10-5-6-13-19-17)12-11-14-8-3-4-9-16(14)18/h14-18H,2-10,13H2,1H3. The Kier molecular flexibility index (Phi) is 6.86. The Morgan fingerprint density at radius 3 is 2.70 bits per heavy atom. The summed E-state index contributed by atoms with van der Waals surface area (Å²) in [5.41, 5.74) is 0. The Bertz CT molecular complexity index is 325. The van der Waals surface area contributed by atoms with Crippen LogP contribution in [-0.4, -0.2) is 30.2 Å². The maximum Gasteiger partial charge on any atom is 0.159 e. The molecule has 0 aromatic rings. The van der Waals surface area contributed by atoms with Gasteiger partial charge in [0.1, 0.15) is 6.10 Å². The summed E-state index contributed by atoms with van der Waals surface area (Å²) in [4.78, 5) is 0. The minimum absolute atomic E-state index is 0.0442. The van der Waals surface area contributed by atoms with Gasteiger partial charge in [0.25, 0.3) is 0 Å². The van der Waals surface area contributed by atoms with Crippen molar-refractivity contribution in [2.45, 2.75) is 83.2 Å². The highest BCUT2D eigenvalue weighted by Crippen LogP contribution is 2.24. The third-order valence-electron chi connectivity index (χ3n) is 4.16. The van der Waals surface area contributed by atoms with E-state index in [1.165, 1.54) is 12.8 Å². The van der Waals surface area contributed by atoms with Crippen LogP contribution in [0.5, 0.6) is 0 Å². The number of aliphatic hydroxyl groups excluding tert-OH is 1. The van der Waals surface area contributed by atoms with Gasteiger partial charge in [-0.1, -0.05) is 38.0 Å². The Labute approximate surface area is 123 Å². The lowest BCUT2D eigenvalue weighted by Gasteiger charge is -2.26. The lowest BCUT2D eigenvalue weighted by atomic mass is 9.87. The minimum Gasteiger partial charge on any atom is -0.392 e. The fourth-order valence-corrected chi connectivity index (χ4v) is 2.92. The molecule has 1 heterocycles. The first-order chi connectivity index (χ1) is 9.79. The van der Waals surface area contributed by atoms with Crippen LogP contribution in [0.15, 0.2) is 0 Å². The summed E-state index contributed by atoms with van der Waals surface area (Å²) in [6.45, 7) is 2.95. The molecule has 0 aromatic heterocycles. The first kappa shape index (κ1) is 15.8. The molecule has 114 valence electrons. The number of aliphatic hydroxyl groups is 1. The maximum absolute atomic E-state index is 9.97. The normalized spacial score (nSPS) is 32.2. The Morgan fingerprint density at radius 1 is 1.20 bits per heavy atom. The second kappa shape index (κ2) is 8.67. The summed E-state index contributed by atoms with van der Waals surface area (Å²) in [6, 6.07) is 0. The molecule has 1 N–H and O–H groups in total. The van der Waals surface area contributed by atoms with E-state index in [9.17, 15) is 5.11 Å². The van der Waals surface area contributed by atoms with Crippen molar-refractivity contribution in [3.8, 4) is 11.8 Å². The van der Waals surface area contributed by atoms with Gasteiger partial charge in [0, 0.05) is 12.5 Å². The lowest BCUT2D eigenvalue weighted by molar-refractivity contribution is -0.177. The molecule has 0 spiro atoms. The molecule has 1 saturated heterocycles. The molecule has 2 rings (SSSR count). The second-order valence-corrected chi connectivity index (χ2v) is 5.96. The van der Waals surface area contributed by atoms with Crippen LogP contribution >= 0.6 is 0 Å². The molecule has 3 heteroatoms. The van der Waals surface area contributed by atoms with Gasteiger partial charge in [-0.15, -0.1) is 0 Å². The van der Waals surface area contributed by atoms with Gasteiger partial charge in [-0.2, -0.15) is 0 Å². The third kappa shape index (κ3) is 5.09. The average molecular weight is 280 g/mol. The van der Waals surface area contributed by atoms with Crippen LogP contribution in [0.1, 0.15) is 64.7 Å². The van der Waals surface area contributed by atoms with E-state index >= 15 is 0 Å². The topological polar surface area (TPSA) is 38.7 Å². The van der Waals surface area contributed by atoms with Gasteiger partial charge < -0.3 is 14.6 Å². The Morgan fingerprint density at radius 2 is 2.00 bits per heavy atom. The monoisotopic (exact) mass is 280 g/mol. The van der Waals surface area contributed by atoms with Crippen molar-refractivity contribution < 1.29 is 14.6 Å². The zero-order valence-electron chi connectivity index (χ0n) is 12.6. The summed E-state index contributed by atoms with van der Waals surface area (Å²) >= 11 is 0. The molecule has 1 saturated carbocycles. The van der Waals surface area contributed by atoms with E-state index in [2.05, 4.69) is 18.8 Å². The predicted molar refractivity (Wildman–Crippen MR) is 79.1 cm³/mol. The van der Waals surface area contributed by atoms with E-state index in [0.29, 0.717) is 0 Å². The van der Waals surface area contributed by atoms with E-state index in [1.54, 1.807) is 0 Å². The number of hydrogen-bond acceptors (Lipinski definition) is 3. The van der Waals surface area contributed by atoms with Crippen LogP contribution in [0.25, 0.3) is 0 Å². The molecule has 20 heavy (non-hydrogen) atoms. The molecule has 0 bridgehead atoms. The van der Waals surface area contributed by atoms with Crippen LogP contribution < -0.4 is 0 Å². The predicted octanol–water partition coefficient (Wildman–Crippen LogP) is 3.25. The molecule has 0 radical (unpaired) electrons. The molecule has 4 unspecified atom stereocenters. The van der Waals surface area contributed by atoms with Crippen molar-refractivity contribution in [2.75, 3.05) is 6.61 Å². The van der Waals surface area contributed by atoms with Gasteiger partial charge in [-0.25, -0.2) is 0 Å². The van der Waals surface area contributed by atoms with Crippen LogP contribution in [0.3, 0.4) is 0 Å². The van der Waals surface area contributed by atoms with Crippen LogP contribution in [0.4, 0.5) is 0 Å². The number of hydrogen-bond donors (Lipinski definition) is 1. The van der Waals surface area contributed by atoms with Gasteiger partial charge in [0.15, 0.2) is 6.29 Å². The molecule has 1 aliphatic carbocycles. The Hall–Kier alpha value is -0.560. The molecular weight excluding hydrogens is 252 g/mol. The number of ether oxygens (including phenoxy) is 2. The summed E-state index contributed by atoms with van der Waals surface area (Å²) in [5, 5.41) is 9.97. The highest BCUT2D eigenvalue weighted by molar-refractivity contribution is 5.11. The molecule has 2 aliphatic rings. The van der Waals surface area contributed by atoms with E-state index in [-0.39, 0.29) is 24.4 Å². The third-order valence-corrected chi connectivity index (χ3v) is 4.16. The quantitative estimate of drug-likeness (QED) is 0.803. The zero-order chi connectivity index (χ0) is 14.2. The molecule has 3 nitrogen and oxygen atoms in total. The smallest absolute Gasteiger partial charge is 0.159 e. The fourth-order valence-electron chi connectivity index (χ4n) is 2.92. The lowest BCUT2D eigenvalue weighted by Crippen LogP contribution is -2.28. The van der Waals surface area contributed by atoms with Crippen molar-refractivity contribution in [3.05, 3.63) is 0 Å². The second-order valence-electron chi connectivity index (χ2n) is 5.96. The van der Waals surface area contributed by atoms with Gasteiger partial charge in [-0.3, -0.25) is 0 Å². The number of rotatable bonds is 4. The molecule has 0 aromatic carbocycles. The van der Waals surface area contributed by atoms with E-state index in [4.69, 9.17) is 9.47 Å². The molecule has 1 aliphatic heterocycles. The molecule has 2 fully saturated rings. The molecular formula is C17H28O3. The fraction of sp³-hybridized carbons (Fsp3) is 0.882. The largest absolute Gasteiger partial charge is 0.392 e. The van der Waals surface area contributed by atoms with Crippen LogP contribution in [-0.2, 0) is 9.47 Å². The van der Waals surface area contributed by atoms with Gasteiger partial charge in [0.2, 0.25) is 0 Å². The van der Waals surface area contributed by atoms with Crippen LogP contribution in [0.2, 0.25) is 0 Å². The maximum atomic E-state index is 9.97. The highest BCUT2D eigenvalue weighted by atomic mass is 16.7. The molecule has 4 atom stereocenters. The summed E-state index contributed by atoms with van der Waals surface area (Å²) in [5.74, 6) is 6.66. The summed E-state index contributed by atoms with van der Waals surface area (Å²) in [7, 11) is 0. The van der Waals surface area contributed by atoms with Gasteiger partial charge in [0.05, 0.1) is 6.10 Å². The van der Waals surface area contributed by atoms with Gasteiger partial charge in [-0.05, 0) is 38.5 Å². The van der Waals surface area contributed by atoms with Crippen molar-refractivity contribution in [1.82, 2.24) is 0 Å². The van der Waals surface area contributed by atoms with Crippen molar-refractivity contribution in [2.24, 2.45) is 5.92 Å². The van der Waals surface area contributed by atoms with Crippen molar-refractivity contribution in [1.29, 1.82) is 0 Å². The Balaban J connectivity index is 1.87. The first-order valence-electron chi connectivity index (χ1n) is 8.25. The summed E-state index contributed by atoms with van der Waals surface area (Å²) in [6.07, 6.45) is 9.15. The van der Waals surface area contributed by atoms with E-state index < -0.39 is 0 Å². The molecule has 0 amide bonds. The zero-order valence-corrected chi connectivity index (χ0v) is 12.6. The highest BCUT2D eigenvalue weighted by Gasteiger charge is 2.22. The van der Waals surface area contributed by atoms with Crippen molar-refractivity contribution >= 4 is 0 Å².